The van der Waals surface area contributed by atoms with Crippen LogP contribution in [0.5, 0.6) is 0 Å². The molecule has 0 aromatic carbocycles. The summed E-state index contributed by atoms with van der Waals surface area (Å²) in [6, 6.07) is -1.01. The average Bonchev–Trinajstić information content (AvgIpc) is 2.88. The molecule has 1 atom stereocenters. The van der Waals surface area contributed by atoms with Crippen molar-refractivity contribution >= 4 is 23.8 Å². The lowest BCUT2D eigenvalue weighted by atomic mass is 10.1. The molecule has 2 heterocycles. The van der Waals surface area contributed by atoms with Gasteiger partial charge in [0.1, 0.15) is 6.04 Å². The minimum atomic E-state index is -0.939. The highest BCUT2D eigenvalue weighted by Gasteiger charge is 2.32. The third-order valence-electron chi connectivity index (χ3n) is 3.51. The summed E-state index contributed by atoms with van der Waals surface area (Å²) in [6.07, 6.45) is 3.42. The monoisotopic (exact) mass is 312 g/mol. The van der Waals surface area contributed by atoms with Gasteiger partial charge in [-0.3, -0.25) is 5.10 Å². The van der Waals surface area contributed by atoms with E-state index < -0.39 is 12.0 Å². The molecule has 1 aliphatic rings. The molecule has 0 saturated carbocycles. The van der Waals surface area contributed by atoms with Crippen LogP contribution >= 0.6 is 11.8 Å². The number of aryl methyl sites for hydroxylation is 2. The standard InChI is InChI=1S/C13H20N4O3S/c1-9-10(7-15-16-9)3-2-4-14-13(20)17-5-6-21-8-11(17)12(18)19/h7,11H,2-6,8H2,1H3,(H,14,20)(H,15,16)(H,18,19). The van der Waals surface area contributed by atoms with Crippen LogP contribution in [0.15, 0.2) is 6.20 Å². The smallest absolute Gasteiger partial charge is 0.327 e. The van der Waals surface area contributed by atoms with Crippen molar-refractivity contribution in [1.29, 1.82) is 0 Å². The molecule has 1 aromatic rings. The molecule has 1 unspecified atom stereocenters. The van der Waals surface area contributed by atoms with Crippen molar-refractivity contribution in [3.8, 4) is 0 Å². The summed E-state index contributed by atoms with van der Waals surface area (Å²) >= 11 is 1.57. The second-order valence-electron chi connectivity index (χ2n) is 4.98. The Morgan fingerprint density at radius 2 is 2.43 bits per heavy atom. The molecule has 1 fully saturated rings. The van der Waals surface area contributed by atoms with Gasteiger partial charge in [0.25, 0.3) is 0 Å². The number of nitrogens with zero attached hydrogens (tertiary/aromatic N) is 2. The zero-order valence-electron chi connectivity index (χ0n) is 12.0. The molecule has 0 radical (unpaired) electrons. The number of nitrogens with one attached hydrogen (secondary N) is 2. The number of thioether (sulfide) groups is 1. The molecule has 1 saturated heterocycles. The Labute approximate surface area is 127 Å². The highest BCUT2D eigenvalue weighted by atomic mass is 32.2. The van der Waals surface area contributed by atoms with E-state index in [4.69, 9.17) is 5.11 Å². The molecule has 2 rings (SSSR count). The Hall–Kier alpha value is -1.70. The highest BCUT2D eigenvalue weighted by Crippen LogP contribution is 2.16. The van der Waals surface area contributed by atoms with Crippen molar-refractivity contribution in [2.24, 2.45) is 0 Å². The fourth-order valence-electron chi connectivity index (χ4n) is 2.25. The molecule has 3 N–H and O–H groups in total. The summed E-state index contributed by atoms with van der Waals surface area (Å²) in [5.41, 5.74) is 2.18. The molecule has 1 aliphatic heterocycles. The number of hydrogen-bond acceptors (Lipinski definition) is 4. The SMILES string of the molecule is Cc1[nH]ncc1CCCNC(=O)N1CCSCC1C(=O)O. The van der Waals surface area contributed by atoms with E-state index in [1.807, 2.05) is 6.92 Å². The van der Waals surface area contributed by atoms with Gasteiger partial charge in [0, 0.05) is 30.3 Å². The van der Waals surface area contributed by atoms with E-state index in [0.29, 0.717) is 18.8 Å². The number of carboxylic acids is 1. The van der Waals surface area contributed by atoms with Crippen molar-refractivity contribution < 1.29 is 14.7 Å². The van der Waals surface area contributed by atoms with Crippen LogP contribution in [0.3, 0.4) is 0 Å². The maximum atomic E-state index is 12.1. The van der Waals surface area contributed by atoms with Crippen molar-refractivity contribution in [3.05, 3.63) is 17.5 Å². The summed E-state index contributed by atoms with van der Waals surface area (Å²) in [7, 11) is 0. The third-order valence-corrected chi connectivity index (χ3v) is 4.53. The Morgan fingerprint density at radius 3 is 3.10 bits per heavy atom. The molecule has 0 bridgehead atoms. The van der Waals surface area contributed by atoms with E-state index in [1.165, 1.54) is 4.90 Å². The molecule has 7 nitrogen and oxygen atoms in total. The van der Waals surface area contributed by atoms with Gasteiger partial charge in [0.2, 0.25) is 0 Å². The molecule has 0 spiro atoms. The van der Waals surface area contributed by atoms with Crippen LogP contribution in [0.4, 0.5) is 4.79 Å². The minimum absolute atomic E-state index is 0.286. The van der Waals surface area contributed by atoms with Gasteiger partial charge < -0.3 is 15.3 Å². The first-order chi connectivity index (χ1) is 10.1. The first-order valence-electron chi connectivity index (χ1n) is 6.93. The molecular weight excluding hydrogens is 292 g/mol. The lowest BCUT2D eigenvalue weighted by Crippen LogP contribution is -2.53. The summed E-state index contributed by atoms with van der Waals surface area (Å²) in [5, 5.41) is 18.8. The van der Waals surface area contributed by atoms with Crippen LogP contribution in [0.25, 0.3) is 0 Å². The van der Waals surface area contributed by atoms with Crippen LogP contribution in [-0.4, -0.2) is 62.8 Å². The molecular formula is C13H20N4O3S. The maximum absolute atomic E-state index is 12.1. The number of hydrogen-bond donors (Lipinski definition) is 3. The number of aliphatic carboxylic acids is 1. The number of rotatable bonds is 5. The van der Waals surface area contributed by atoms with Crippen LogP contribution in [0.2, 0.25) is 0 Å². The largest absolute Gasteiger partial charge is 0.480 e. The normalized spacial score (nSPS) is 18.5. The Bertz CT molecular complexity index is 505. The van der Waals surface area contributed by atoms with E-state index in [0.717, 1.165) is 29.9 Å². The Balaban J connectivity index is 1.75. The van der Waals surface area contributed by atoms with Gasteiger partial charge in [-0.05, 0) is 25.3 Å². The topological polar surface area (TPSA) is 98.3 Å². The van der Waals surface area contributed by atoms with Crippen molar-refractivity contribution in [2.45, 2.75) is 25.8 Å². The highest BCUT2D eigenvalue weighted by molar-refractivity contribution is 7.99. The molecule has 1 aromatic heterocycles. The fraction of sp³-hybridized carbons (Fsp3) is 0.615. The van der Waals surface area contributed by atoms with Gasteiger partial charge in [0.15, 0.2) is 0 Å². The Morgan fingerprint density at radius 1 is 1.62 bits per heavy atom. The number of amides is 2. The van der Waals surface area contributed by atoms with Gasteiger partial charge >= 0.3 is 12.0 Å². The summed E-state index contributed by atoms with van der Waals surface area (Å²) in [5.74, 6) is 0.300. The number of carboxylic acid groups (broad SMARTS) is 1. The maximum Gasteiger partial charge on any atom is 0.327 e. The van der Waals surface area contributed by atoms with Gasteiger partial charge in [-0.25, -0.2) is 9.59 Å². The predicted octanol–water partition coefficient (Wildman–Crippen LogP) is 0.862. The average molecular weight is 312 g/mol. The first-order valence-corrected chi connectivity index (χ1v) is 8.09. The second kappa shape index (κ2) is 7.35. The van der Waals surface area contributed by atoms with Crippen LogP contribution < -0.4 is 5.32 Å². The van der Waals surface area contributed by atoms with Crippen LogP contribution in [0, 0.1) is 6.92 Å². The van der Waals surface area contributed by atoms with Gasteiger partial charge in [-0.1, -0.05) is 0 Å². The zero-order chi connectivity index (χ0) is 15.2. The predicted molar refractivity (Wildman–Crippen MR) is 80.5 cm³/mol. The van der Waals surface area contributed by atoms with Gasteiger partial charge in [-0.2, -0.15) is 16.9 Å². The van der Waals surface area contributed by atoms with Crippen LogP contribution in [0.1, 0.15) is 17.7 Å². The van der Waals surface area contributed by atoms with Crippen molar-refractivity contribution in [1.82, 2.24) is 20.4 Å². The lowest BCUT2D eigenvalue weighted by Gasteiger charge is -2.32. The number of carbonyl (C=O) groups is 2. The van der Waals surface area contributed by atoms with E-state index in [-0.39, 0.29) is 6.03 Å². The summed E-state index contributed by atoms with van der Waals surface area (Å²) in [4.78, 5) is 24.6. The van der Waals surface area contributed by atoms with Gasteiger partial charge in [0.05, 0.1) is 6.20 Å². The summed E-state index contributed by atoms with van der Waals surface area (Å²) in [6.45, 7) is 2.97. The fourth-order valence-corrected chi connectivity index (χ4v) is 3.29. The van der Waals surface area contributed by atoms with Crippen LogP contribution in [-0.2, 0) is 11.2 Å². The molecule has 0 aliphatic carbocycles. The second-order valence-corrected chi connectivity index (χ2v) is 6.13. The molecule has 8 heteroatoms. The van der Waals surface area contributed by atoms with E-state index in [1.54, 1.807) is 18.0 Å². The number of aromatic amines is 1. The molecule has 21 heavy (non-hydrogen) atoms. The van der Waals surface area contributed by atoms with E-state index in [2.05, 4.69) is 15.5 Å². The quantitative estimate of drug-likeness (QED) is 0.701. The molecule has 116 valence electrons. The minimum Gasteiger partial charge on any atom is -0.480 e. The third kappa shape index (κ3) is 4.13. The summed E-state index contributed by atoms with van der Waals surface area (Å²) < 4.78 is 0. The van der Waals surface area contributed by atoms with Gasteiger partial charge in [-0.15, -0.1) is 0 Å². The number of carbonyl (C=O) groups excluding carboxylic acids is 1. The molecule has 2 amide bonds. The van der Waals surface area contributed by atoms with E-state index in [9.17, 15) is 9.59 Å². The van der Waals surface area contributed by atoms with Crippen molar-refractivity contribution in [3.63, 3.8) is 0 Å². The zero-order valence-corrected chi connectivity index (χ0v) is 12.8. The number of aromatic nitrogens is 2. The Kier molecular flexibility index (Phi) is 5.49. The van der Waals surface area contributed by atoms with Crippen molar-refractivity contribution in [2.75, 3.05) is 24.6 Å². The number of H-pyrrole nitrogens is 1. The number of urea groups is 1. The van der Waals surface area contributed by atoms with E-state index >= 15 is 0 Å². The first kappa shape index (κ1) is 15.7. The lowest BCUT2D eigenvalue weighted by molar-refractivity contribution is -0.141.